The normalized spacial score (nSPS) is 10.8. The average molecular weight is 285 g/mol. The maximum atomic E-state index is 6.21. The minimum absolute atomic E-state index is 0.481. The van der Waals surface area contributed by atoms with Crippen LogP contribution < -0.4 is 15.2 Å². The molecule has 0 unspecified atom stereocenters. The van der Waals surface area contributed by atoms with Gasteiger partial charge in [-0.15, -0.1) is 0 Å². The molecule has 0 spiro atoms. The molecule has 0 aliphatic heterocycles. The summed E-state index contributed by atoms with van der Waals surface area (Å²) in [7, 11) is 3.19. The molecule has 7 heteroatoms. The summed E-state index contributed by atoms with van der Waals surface area (Å²) >= 11 is 0. The Morgan fingerprint density at radius 2 is 1.90 bits per heavy atom. The van der Waals surface area contributed by atoms with Crippen molar-refractivity contribution < 1.29 is 9.47 Å². The SMILES string of the molecule is COc1ccc(-c2c(C)nc3ncnn3c2N)cc1OC. The van der Waals surface area contributed by atoms with Crippen LogP contribution in [0.5, 0.6) is 11.5 Å². The van der Waals surface area contributed by atoms with E-state index in [1.165, 1.54) is 10.8 Å². The Morgan fingerprint density at radius 3 is 2.62 bits per heavy atom. The molecule has 2 aromatic heterocycles. The molecule has 0 fully saturated rings. The summed E-state index contributed by atoms with van der Waals surface area (Å²) in [4.78, 5) is 8.46. The lowest BCUT2D eigenvalue weighted by Crippen LogP contribution is -2.05. The zero-order valence-electron chi connectivity index (χ0n) is 12.0. The smallest absolute Gasteiger partial charge is 0.254 e. The molecule has 0 radical (unpaired) electrons. The molecular formula is C14H15N5O2. The highest BCUT2D eigenvalue weighted by Gasteiger charge is 2.15. The van der Waals surface area contributed by atoms with E-state index >= 15 is 0 Å². The fraction of sp³-hybridized carbons (Fsp3) is 0.214. The molecule has 3 aromatic rings. The molecule has 0 bridgehead atoms. The van der Waals surface area contributed by atoms with Gasteiger partial charge in [0.1, 0.15) is 12.1 Å². The summed E-state index contributed by atoms with van der Waals surface area (Å²) in [6.45, 7) is 1.89. The first kappa shape index (κ1) is 13.2. The van der Waals surface area contributed by atoms with Crippen LogP contribution in [0.25, 0.3) is 16.9 Å². The molecule has 108 valence electrons. The van der Waals surface area contributed by atoms with Gasteiger partial charge in [0.05, 0.1) is 19.9 Å². The van der Waals surface area contributed by atoms with Crippen LogP contribution in [0.2, 0.25) is 0 Å². The number of ether oxygens (including phenoxy) is 2. The Kier molecular flexibility index (Phi) is 3.09. The highest BCUT2D eigenvalue weighted by Crippen LogP contribution is 2.35. The van der Waals surface area contributed by atoms with Crippen molar-refractivity contribution >= 4 is 11.6 Å². The summed E-state index contributed by atoms with van der Waals surface area (Å²) in [5.41, 5.74) is 8.67. The highest BCUT2D eigenvalue weighted by atomic mass is 16.5. The molecule has 2 N–H and O–H groups in total. The van der Waals surface area contributed by atoms with E-state index in [0.29, 0.717) is 23.1 Å². The third kappa shape index (κ3) is 2.03. The summed E-state index contributed by atoms with van der Waals surface area (Å²) in [5, 5.41) is 4.08. The fourth-order valence-corrected chi connectivity index (χ4v) is 2.33. The van der Waals surface area contributed by atoms with Gasteiger partial charge < -0.3 is 15.2 Å². The molecule has 7 nitrogen and oxygen atoms in total. The second kappa shape index (κ2) is 4.93. The second-order valence-corrected chi connectivity index (χ2v) is 4.50. The zero-order chi connectivity index (χ0) is 15.0. The van der Waals surface area contributed by atoms with Crippen molar-refractivity contribution in [3.8, 4) is 22.6 Å². The summed E-state index contributed by atoms with van der Waals surface area (Å²) in [6.07, 6.45) is 1.43. The molecule has 0 aliphatic carbocycles. The predicted octanol–water partition coefficient (Wildman–Crippen LogP) is 1.70. The van der Waals surface area contributed by atoms with Gasteiger partial charge in [0, 0.05) is 5.56 Å². The monoisotopic (exact) mass is 285 g/mol. The molecule has 3 rings (SSSR count). The first-order valence-corrected chi connectivity index (χ1v) is 6.34. The Hall–Kier alpha value is -2.83. The lowest BCUT2D eigenvalue weighted by molar-refractivity contribution is 0.355. The van der Waals surface area contributed by atoms with Crippen LogP contribution in [0.4, 0.5) is 5.82 Å². The molecule has 21 heavy (non-hydrogen) atoms. The van der Waals surface area contributed by atoms with Crippen LogP contribution in [0, 0.1) is 6.92 Å². The predicted molar refractivity (Wildman–Crippen MR) is 78.5 cm³/mol. The largest absolute Gasteiger partial charge is 0.493 e. The maximum Gasteiger partial charge on any atom is 0.254 e. The lowest BCUT2D eigenvalue weighted by atomic mass is 10.0. The Balaban J connectivity index is 2.24. The van der Waals surface area contributed by atoms with Crippen LogP contribution in [-0.4, -0.2) is 33.8 Å². The van der Waals surface area contributed by atoms with Crippen LogP contribution in [0.3, 0.4) is 0 Å². The molecular weight excluding hydrogens is 270 g/mol. The minimum atomic E-state index is 0.481. The van der Waals surface area contributed by atoms with E-state index in [9.17, 15) is 0 Å². The number of hydrogen-bond donors (Lipinski definition) is 1. The van der Waals surface area contributed by atoms with Crippen molar-refractivity contribution in [3.05, 3.63) is 30.2 Å². The third-order valence-corrected chi connectivity index (χ3v) is 3.32. The molecule has 0 saturated heterocycles. The minimum Gasteiger partial charge on any atom is -0.493 e. The van der Waals surface area contributed by atoms with Gasteiger partial charge in [-0.25, -0.2) is 4.98 Å². The number of aryl methyl sites for hydroxylation is 1. The van der Waals surface area contributed by atoms with Gasteiger partial charge in [-0.3, -0.25) is 0 Å². The number of anilines is 1. The van der Waals surface area contributed by atoms with Gasteiger partial charge in [0.25, 0.3) is 5.78 Å². The fourth-order valence-electron chi connectivity index (χ4n) is 2.33. The van der Waals surface area contributed by atoms with Crippen molar-refractivity contribution in [2.24, 2.45) is 0 Å². The van der Waals surface area contributed by atoms with Gasteiger partial charge >= 0.3 is 0 Å². The van der Waals surface area contributed by atoms with Crippen molar-refractivity contribution in [2.45, 2.75) is 6.92 Å². The van der Waals surface area contributed by atoms with Gasteiger partial charge in [0.15, 0.2) is 11.5 Å². The highest BCUT2D eigenvalue weighted by molar-refractivity contribution is 5.78. The van der Waals surface area contributed by atoms with Crippen LogP contribution in [0.1, 0.15) is 5.69 Å². The number of methoxy groups -OCH3 is 2. The number of aromatic nitrogens is 4. The average Bonchev–Trinajstić information content (AvgIpc) is 2.95. The molecule has 1 aromatic carbocycles. The number of nitrogens with zero attached hydrogens (tertiary/aromatic N) is 4. The number of nitrogens with two attached hydrogens (primary N) is 1. The number of rotatable bonds is 3. The quantitative estimate of drug-likeness (QED) is 0.788. The van der Waals surface area contributed by atoms with Crippen LogP contribution >= 0.6 is 0 Å². The Morgan fingerprint density at radius 1 is 1.14 bits per heavy atom. The van der Waals surface area contributed by atoms with Crippen molar-refractivity contribution in [2.75, 3.05) is 20.0 Å². The Labute approximate surface area is 121 Å². The van der Waals surface area contributed by atoms with Crippen LogP contribution in [0.15, 0.2) is 24.5 Å². The van der Waals surface area contributed by atoms with Gasteiger partial charge in [-0.2, -0.15) is 14.6 Å². The van der Waals surface area contributed by atoms with Crippen LogP contribution in [-0.2, 0) is 0 Å². The van der Waals surface area contributed by atoms with E-state index in [-0.39, 0.29) is 0 Å². The first-order valence-electron chi connectivity index (χ1n) is 6.34. The number of nitrogen functional groups attached to an aromatic ring is 1. The molecule has 0 atom stereocenters. The number of fused-ring (bicyclic) bond motifs is 1. The van der Waals surface area contributed by atoms with E-state index < -0.39 is 0 Å². The first-order chi connectivity index (χ1) is 10.2. The van der Waals surface area contributed by atoms with E-state index in [4.69, 9.17) is 15.2 Å². The third-order valence-electron chi connectivity index (χ3n) is 3.32. The number of hydrogen-bond acceptors (Lipinski definition) is 6. The second-order valence-electron chi connectivity index (χ2n) is 4.50. The van der Waals surface area contributed by atoms with Crippen molar-refractivity contribution in [1.29, 1.82) is 0 Å². The summed E-state index contributed by atoms with van der Waals surface area (Å²) in [6, 6.07) is 5.60. The summed E-state index contributed by atoms with van der Waals surface area (Å²) in [5.74, 6) is 2.26. The molecule has 0 saturated carbocycles. The van der Waals surface area contributed by atoms with E-state index in [1.807, 2.05) is 25.1 Å². The van der Waals surface area contributed by atoms with E-state index in [1.54, 1.807) is 14.2 Å². The Bertz CT molecular complexity index is 812. The lowest BCUT2D eigenvalue weighted by Gasteiger charge is -2.13. The number of benzene rings is 1. The standard InChI is InChI=1S/C14H15N5O2/c1-8-12(13(15)19-14(18-8)16-7-17-19)9-4-5-10(20-2)11(6-9)21-3/h4-7H,15H2,1-3H3. The van der Waals surface area contributed by atoms with Gasteiger partial charge in [-0.1, -0.05) is 6.07 Å². The van der Waals surface area contributed by atoms with Crippen molar-refractivity contribution in [3.63, 3.8) is 0 Å². The maximum absolute atomic E-state index is 6.21. The summed E-state index contributed by atoms with van der Waals surface area (Å²) < 4.78 is 12.1. The zero-order valence-corrected chi connectivity index (χ0v) is 12.0. The molecule has 0 aliphatic rings. The van der Waals surface area contributed by atoms with Crippen molar-refractivity contribution in [1.82, 2.24) is 19.6 Å². The van der Waals surface area contributed by atoms with Gasteiger partial charge in [-0.05, 0) is 24.6 Å². The van der Waals surface area contributed by atoms with E-state index in [2.05, 4.69) is 15.1 Å². The topological polar surface area (TPSA) is 87.6 Å². The van der Waals surface area contributed by atoms with Gasteiger partial charge in [0.2, 0.25) is 0 Å². The van der Waals surface area contributed by atoms with E-state index in [0.717, 1.165) is 16.8 Å². The molecule has 0 amide bonds. The molecule has 2 heterocycles.